The summed E-state index contributed by atoms with van der Waals surface area (Å²) >= 11 is 0. The quantitative estimate of drug-likeness (QED) is 0.474. The first-order valence-electron chi connectivity index (χ1n) is 9.68. The molecule has 31 heavy (non-hydrogen) atoms. The molecule has 0 aliphatic carbocycles. The van der Waals surface area contributed by atoms with E-state index in [2.05, 4.69) is 5.32 Å². The number of carbonyl (C=O) groups is 2. The van der Waals surface area contributed by atoms with Crippen molar-refractivity contribution in [3.8, 4) is 11.5 Å². The van der Waals surface area contributed by atoms with Gasteiger partial charge < -0.3 is 15.0 Å². The average Bonchev–Trinajstić information content (AvgIpc) is 3.17. The van der Waals surface area contributed by atoms with E-state index in [1.807, 2.05) is 30.3 Å². The normalized spacial score (nSPS) is 15.5. The molecule has 1 fully saturated rings. The maximum absolute atomic E-state index is 12.6. The Morgan fingerprint density at radius 2 is 1.71 bits per heavy atom. The first-order chi connectivity index (χ1) is 15.0. The summed E-state index contributed by atoms with van der Waals surface area (Å²) in [5.41, 5.74) is 0.892. The Kier molecular flexibility index (Phi) is 5.61. The predicted octanol–water partition coefficient (Wildman–Crippen LogP) is 4.38. The molecule has 3 aromatic rings. The summed E-state index contributed by atoms with van der Waals surface area (Å²) in [5.74, 6) is 0.301. The van der Waals surface area contributed by atoms with Gasteiger partial charge in [0.15, 0.2) is 0 Å². The van der Waals surface area contributed by atoms with E-state index in [-0.39, 0.29) is 30.5 Å². The fraction of sp³-hybridized carbons (Fsp3) is 0.130. The number of nitrogens with zero attached hydrogens (tertiary/aromatic N) is 2. The molecule has 1 atom stereocenters. The number of benzene rings is 3. The molecule has 1 aliphatic rings. The van der Waals surface area contributed by atoms with Crippen molar-refractivity contribution in [2.75, 3.05) is 16.8 Å². The van der Waals surface area contributed by atoms with Gasteiger partial charge in [-0.15, -0.1) is 0 Å². The SMILES string of the molecule is O=C(Nc1cccc([N+](=O)[O-])c1)C1CC(=O)N(c2ccc(Oc3ccccc3)cc2)C1. The van der Waals surface area contributed by atoms with Crippen molar-refractivity contribution >= 4 is 28.9 Å². The van der Waals surface area contributed by atoms with Crippen LogP contribution in [0.25, 0.3) is 0 Å². The van der Waals surface area contributed by atoms with Crippen LogP contribution in [0.15, 0.2) is 78.9 Å². The summed E-state index contributed by atoms with van der Waals surface area (Å²) in [6.07, 6.45) is 0.0724. The Labute approximate surface area is 178 Å². The highest BCUT2D eigenvalue weighted by Crippen LogP contribution is 2.29. The molecule has 8 nitrogen and oxygen atoms in total. The topological polar surface area (TPSA) is 102 Å². The van der Waals surface area contributed by atoms with Crippen LogP contribution in [0, 0.1) is 16.0 Å². The summed E-state index contributed by atoms with van der Waals surface area (Å²) in [7, 11) is 0. The third-order valence-corrected chi connectivity index (χ3v) is 4.95. The van der Waals surface area contributed by atoms with Gasteiger partial charge in [0.05, 0.1) is 10.8 Å². The zero-order valence-corrected chi connectivity index (χ0v) is 16.4. The number of para-hydroxylation sites is 1. The minimum atomic E-state index is -0.549. The van der Waals surface area contributed by atoms with Gasteiger partial charge in [0.2, 0.25) is 11.8 Å². The molecule has 0 bridgehead atoms. The van der Waals surface area contributed by atoms with Gasteiger partial charge in [-0.25, -0.2) is 0 Å². The predicted molar refractivity (Wildman–Crippen MR) is 115 cm³/mol. The molecule has 3 aromatic carbocycles. The molecule has 1 N–H and O–H groups in total. The molecule has 0 radical (unpaired) electrons. The number of hydrogen-bond acceptors (Lipinski definition) is 5. The van der Waals surface area contributed by atoms with E-state index >= 15 is 0 Å². The van der Waals surface area contributed by atoms with Crippen molar-refractivity contribution in [1.82, 2.24) is 0 Å². The van der Waals surface area contributed by atoms with Crippen molar-refractivity contribution in [3.63, 3.8) is 0 Å². The van der Waals surface area contributed by atoms with Crippen LogP contribution in [-0.4, -0.2) is 23.3 Å². The average molecular weight is 417 g/mol. The molecular weight excluding hydrogens is 398 g/mol. The van der Waals surface area contributed by atoms with Crippen molar-refractivity contribution in [3.05, 3.63) is 89.0 Å². The molecule has 156 valence electrons. The van der Waals surface area contributed by atoms with E-state index in [4.69, 9.17) is 4.74 Å². The number of non-ortho nitro benzene ring substituents is 1. The number of rotatable bonds is 6. The summed E-state index contributed by atoms with van der Waals surface area (Å²) in [6, 6.07) is 22.2. The highest BCUT2D eigenvalue weighted by Gasteiger charge is 2.35. The molecule has 1 heterocycles. The Hall–Kier alpha value is -4.20. The first-order valence-corrected chi connectivity index (χ1v) is 9.68. The lowest BCUT2D eigenvalue weighted by Crippen LogP contribution is -2.28. The van der Waals surface area contributed by atoms with Crippen molar-refractivity contribution < 1.29 is 19.2 Å². The molecule has 0 saturated carbocycles. The van der Waals surface area contributed by atoms with Crippen LogP contribution in [0.5, 0.6) is 11.5 Å². The summed E-state index contributed by atoms with van der Waals surface area (Å²) in [5, 5.41) is 13.6. The number of nitro groups is 1. The smallest absolute Gasteiger partial charge is 0.271 e. The highest BCUT2D eigenvalue weighted by atomic mass is 16.6. The third-order valence-electron chi connectivity index (χ3n) is 4.95. The van der Waals surface area contributed by atoms with E-state index in [1.165, 1.54) is 18.2 Å². The number of nitro benzene ring substituents is 1. The second kappa shape index (κ2) is 8.66. The van der Waals surface area contributed by atoms with Gasteiger partial charge in [-0.1, -0.05) is 24.3 Å². The van der Waals surface area contributed by atoms with Gasteiger partial charge in [-0.05, 0) is 42.5 Å². The van der Waals surface area contributed by atoms with Crippen LogP contribution >= 0.6 is 0 Å². The second-order valence-electron chi connectivity index (χ2n) is 7.11. The zero-order valence-electron chi connectivity index (χ0n) is 16.4. The Morgan fingerprint density at radius 3 is 2.42 bits per heavy atom. The lowest BCUT2D eigenvalue weighted by atomic mass is 10.1. The van der Waals surface area contributed by atoms with Gasteiger partial charge >= 0.3 is 0 Å². The van der Waals surface area contributed by atoms with Crippen molar-refractivity contribution in [2.45, 2.75) is 6.42 Å². The van der Waals surface area contributed by atoms with Crippen LogP contribution in [0.3, 0.4) is 0 Å². The standard InChI is InChI=1S/C23H19N3O5/c27-22-13-16(23(28)24-17-5-4-6-19(14-17)26(29)30)15-25(22)18-9-11-21(12-10-18)31-20-7-2-1-3-8-20/h1-12,14,16H,13,15H2,(H,24,28). The molecule has 0 aromatic heterocycles. The maximum atomic E-state index is 12.6. The monoisotopic (exact) mass is 417 g/mol. The number of nitrogens with one attached hydrogen (secondary N) is 1. The minimum Gasteiger partial charge on any atom is -0.457 e. The Bertz CT molecular complexity index is 1120. The van der Waals surface area contributed by atoms with Crippen LogP contribution in [0.2, 0.25) is 0 Å². The summed E-state index contributed by atoms with van der Waals surface area (Å²) < 4.78 is 5.76. The molecule has 2 amide bonds. The second-order valence-corrected chi connectivity index (χ2v) is 7.11. The molecule has 1 aliphatic heterocycles. The van der Waals surface area contributed by atoms with E-state index in [9.17, 15) is 19.7 Å². The number of amides is 2. The van der Waals surface area contributed by atoms with Gasteiger partial charge in [0.25, 0.3) is 5.69 Å². The minimum absolute atomic E-state index is 0.0724. The van der Waals surface area contributed by atoms with E-state index in [1.54, 1.807) is 35.2 Å². The highest BCUT2D eigenvalue weighted by molar-refractivity contribution is 6.03. The Morgan fingerprint density at radius 1 is 1.00 bits per heavy atom. The van der Waals surface area contributed by atoms with Crippen LogP contribution in [-0.2, 0) is 9.59 Å². The van der Waals surface area contributed by atoms with Crippen LogP contribution < -0.4 is 15.0 Å². The van der Waals surface area contributed by atoms with Gasteiger partial charge in [-0.3, -0.25) is 19.7 Å². The lowest BCUT2D eigenvalue weighted by molar-refractivity contribution is -0.384. The van der Waals surface area contributed by atoms with E-state index in [0.29, 0.717) is 22.9 Å². The summed E-state index contributed by atoms with van der Waals surface area (Å²) in [4.78, 5) is 37.0. The van der Waals surface area contributed by atoms with Crippen LogP contribution in [0.1, 0.15) is 6.42 Å². The van der Waals surface area contributed by atoms with E-state index in [0.717, 1.165) is 0 Å². The number of anilines is 2. The number of hydrogen-bond donors (Lipinski definition) is 1. The van der Waals surface area contributed by atoms with Gasteiger partial charge in [0.1, 0.15) is 11.5 Å². The maximum Gasteiger partial charge on any atom is 0.271 e. The molecule has 4 rings (SSSR count). The van der Waals surface area contributed by atoms with Gasteiger partial charge in [-0.2, -0.15) is 0 Å². The lowest BCUT2D eigenvalue weighted by Gasteiger charge is -2.17. The molecular formula is C23H19N3O5. The van der Waals surface area contributed by atoms with Crippen LogP contribution in [0.4, 0.5) is 17.1 Å². The molecule has 0 spiro atoms. The molecule has 1 saturated heterocycles. The first kappa shape index (κ1) is 20.1. The van der Waals surface area contributed by atoms with E-state index < -0.39 is 10.8 Å². The Balaban J connectivity index is 1.40. The largest absolute Gasteiger partial charge is 0.457 e. The zero-order chi connectivity index (χ0) is 21.8. The number of ether oxygens (including phenoxy) is 1. The fourth-order valence-electron chi connectivity index (χ4n) is 3.39. The molecule has 1 unspecified atom stereocenters. The van der Waals surface area contributed by atoms with Crippen molar-refractivity contribution in [2.24, 2.45) is 5.92 Å². The third kappa shape index (κ3) is 4.69. The van der Waals surface area contributed by atoms with Crippen molar-refractivity contribution in [1.29, 1.82) is 0 Å². The number of carbonyl (C=O) groups excluding carboxylic acids is 2. The van der Waals surface area contributed by atoms with Gasteiger partial charge in [0, 0.05) is 36.5 Å². The molecule has 8 heteroatoms. The fourth-order valence-corrected chi connectivity index (χ4v) is 3.39. The summed E-state index contributed by atoms with van der Waals surface area (Å²) in [6.45, 7) is 0.235.